The summed E-state index contributed by atoms with van der Waals surface area (Å²) in [6.07, 6.45) is 1.26. The van der Waals surface area contributed by atoms with Crippen LogP contribution in [0.3, 0.4) is 0 Å². The highest BCUT2D eigenvalue weighted by atomic mass is 19.1. The molecule has 1 aromatic rings. The van der Waals surface area contributed by atoms with E-state index in [1.807, 2.05) is 6.92 Å². The van der Waals surface area contributed by atoms with Gasteiger partial charge in [0.25, 0.3) is 5.91 Å². The fourth-order valence-corrected chi connectivity index (χ4v) is 2.60. The summed E-state index contributed by atoms with van der Waals surface area (Å²) in [5, 5.41) is 14.5. The molecule has 1 aliphatic heterocycles. The van der Waals surface area contributed by atoms with Gasteiger partial charge in [-0.25, -0.2) is 9.18 Å². The van der Waals surface area contributed by atoms with Gasteiger partial charge < -0.3 is 20.6 Å². The maximum Gasteiger partial charge on any atom is 0.315 e. The molecule has 0 saturated carbocycles. The molecule has 0 aromatic heterocycles. The molecular formula is C17H24FN3O3. The number of benzene rings is 1. The van der Waals surface area contributed by atoms with Gasteiger partial charge in [-0.15, -0.1) is 0 Å². The zero-order valence-electron chi connectivity index (χ0n) is 13.8. The fraction of sp³-hybridized carbons (Fsp3) is 0.529. The van der Waals surface area contributed by atoms with Gasteiger partial charge in [-0.3, -0.25) is 4.79 Å². The average molecular weight is 337 g/mol. The Morgan fingerprint density at radius 3 is 2.62 bits per heavy atom. The largest absolute Gasteiger partial charge is 0.396 e. The van der Waals surface area contributed by atoms with Crippen molar-refractivity contribution in [3.63, 3.8) is 0 Å². The van der Waals surface area contributed by atoms with Crippen LogP contribution in [-0.4, -0.2) is 54.2 Å². The molecule has 132 valence electrons. The number of piperidine rings is 1. The number of amides is 3. The first-order valence-electron chi connectivity index (χ1n) is 8.20. The highest BCUT2D eigenvalue weighted by Gasteiger charge is 2.25. The summed E-state index contributed by atoms with van der Waals surface area (Å²) in [6.45, 7) is 3.23. The van der Waals surface area contributed by atoms with Crippen molar-refractivity contribution in [2.24, 2.45) is 5.92 Å². The summed E-state index contributed by atoms with van der Waals surface area (Å²) >= 11 is 0. The molecule has 24 heavy (non-hydrogen) atoms. The van der Waals surface area contributed by atoms with Crippen LogP contribution >= 0.6 is 0 Å². The van der Waals surface area contributed by atoms with E-state index in [1.54, 1.807) is 17.0 Å². The summed E-state index contributed by atoms with van der Waals surface area (Å²) in [6, 6.07) is 5.67. The third kappa shape index (κ3) is 4.92. The van der Waals surface area contributed by atoms with Crippen LogP contribution in [0.2, 0.25) is 0 Å². The molecular weight excluding hydrogens is 313 g/mol. The minimum atomic E-state index is -0.514. The predicted molar refractivity (Wildman–Crippen MR) is 88.1 cm³/mol. The number of hydrogen-bond acceptors (Lipinski definition) is 3. The molecule has 0 bridgehead atoms. The van der Waals surface area contributed by atoms with Gasteiger partial charge in [-0.05, 0) is 30.9 Å². The Labute approximate surface area is 141 Å². The topological polar surface area (TPSA) is 81.7 Å². The van der Waals surface area contributed by atoms with Crippen molar-refractivity contribution in [2.75, 3.05) is 26.2 Å². The van der Waals surface area contributed by atoms with Crippen molar-refractivity contribution in [3.05, 3.63) is 35.6 Å². The second kappa shape index (κ2) is 8.63. The first-order valence-corrected chi connectivity index (χ1v) is 8.20. The lowest BCUT2D eigenvalue weighted by Gasteiger charge is -2.32. The van der Waals surface area contributed by atoms with Gasteiger partial charge in [0.05, 0.1) is 5.56 Å². The lowest BCUT2D eigenvalue weighted by atomic mass is 10.0. The summed E-state index contributed by atoms with van der Waals surface area (Å²) < 4.78 is 13.7. The maximum absolute atomic E-state index is 13.7. The third-order valence-electron chi connectivity index (χ3n) is 4.14. The van der Waals surface area contributed by atoms with E-state index in [-0.39, 0.29) is 36.1 Å². The van der Waals surface area contributed by atoms with Crippen LogP contribution in [0.4, 0.5) is 9.18 Å². The van der Waals surface area contributed by atoms with E-state index in [9.17, 15) is 14.0 Å². The molecule has 1 fully saturated rings. The van der Waals surface area contributed by atoms with E-state index in [4.69, 9.17) is 5.11 Å². The summed E-state index contributed by atoms with van der Waals surface area (Å²) in [4.78, 5) is 25.7. The van der Waals surface area contributed by atoms with Crippen LogP contribution in [0.15, 0.2) is 24.3 Å². The second-order valence-electron chi connectivity index (χ2n) is 6.19. The van der Waals surface area contributed by atoms with Gasteiger partial charge in [0.15, 0.2) is 0 Å². The Kier molecular flexibility index (Phi) is 6.54. The molecule has 1 heterocycles. The van der Waals surface area contributed by atoms with Gasteiger partial charge in [0.1, 0.15) is 5.82 Å². The molecule has 1 aromatic carbocycles. The van der Waals surface area contributed by atoms with E-state index >= 15 is 0 Å². The summed E-state index contributed by atoms with van der Waals surface area (Å²) in [7, 11) is 0. The lowest BCUT2D eigenvalue weighted by Crippen LogP contribution is -2.49. The average Bonchev–Trinajstić information content (AvgIpc) is 2.60. The number of carbonyl (C=O) groups excluding carboxylic acids is 2. The number of halogens is 1. The molecule has 3 amide bonds. The maximum atomic E-state index is 13.7. The number of carbonyl (C=O) groups is 2. The lowest BCUT2D eigenvalue weighted by molar-refractivity contribution is 0.0703. The van der Waals surface area contributed by atoms with Crippen molar-refractivity contribution in [2.45, 2.75) is 25.8 Å². The number of nitrogens with zero attached hydrogens (tertiary/aromatic N) is 1. The number of likely N-dealkylation sites (tertiary alicyclic amines) is 1. The fourth-order valence-electron chi connectivity index (χ4n) is 2.60. The van der Waals surface area contributed by atoms with Gasteiger partial charge in [0, 0.05) is 32.3 Å². The normalized spacial score (nSPS) is 16.5. The first-order chi connectivity index (χ1) is 11.5. The van der Waals surface area contributed by atoms with Crippen LogP contribution in [-0.2, 0) is 0 Å². The van der Waals surface area contributed by atoms with E-state index in [0.29, 0.717) is 32.5 Å². The van der Waals surface area contributed by atoms with E-state index in [1.165, 1.54) is 12.1 Å². The molecule has 1 saturated heterocycles. The van der Waals surface area contributed by atoms with E-state index in [2.05, 4.69) is 10.6 Å². The smallest absolute Gasteiger partial charge is 0.315 e. The highest BCUT2D eigenvalue weighted by Crippen LogP contribution is 2.16. The zero-order valence-corrected chi connectivity index (χ0v) is 13.8. The summed E-state index contributed by atoms with van der Waals surface area (Å²) in [5.74, 6) is -0.816. The molecule has 0 radical (unpaired) electrons. The van der Waals surface area contributed by atoms with Crippen LogP contribution in [0.5, 0.6) is 0 Å². The third-order valence-corrected chi connectivity index (χ3v) is 4.14. The minimum absolute atomic E-state index is 0.0102. The Morgan fingerprint density at radius 2 is 2.00 bits per heavy atom. The SMILES string of the molecule is C[C@@H](CO)CNC(=O)NC1CCN(C(=O)c2ccccc2F)CC1. The Bertz CT molecular complexity index is 574. The Balaban J connectivity index is 1.78. The van der Waals surface area contributed by atoms with E-state index < -0.39 is 5.82 Å². The van der Waals surface area contributed by atoms with Crippen molar-refractivity contribution >= 4 is 11.9 Å². The number of nitrogens with one attached hydrogen (secondary N) is 2. The van der Waals surface area contributed by atoms with Crippen LogP contribution in [0.25, 0.3) is 0 Å². The molecule has 1 aliphatic rings. The van der Waals surface area contributed by atoms with Crippen LogP contribution < -0.4 is 10.6 Å². The number of aliphatic hydroxyl groups excluding tert-OH is 1. The predicted octanol–water partition coefficient (Wildman–Crippen LogP) is 1.36. The molecule has 2 rings (SSSR count). The molecule has 6 nitrogen and oxygen atoms in total. The van der Waals surface area contributed by atoms with Crippen molar-refractivity contribution in [1.82, 2.24) is 15.5 Å². The number of rotatable bonds is 5. The van der Waals surface area contributed by atoms with Gasteiger partial charge >= 0.3 is 6.03 Å². The molecule has 0 spiro atoms. The number of hydrogen-bond donors (Lipinski definition) is 3. The van der Waals surface area contributed by atoms with Gasteiger partial charge in [-0.2, -0.15) is 0 Å². The number of urea groups is 1. The van der Waals surface area contributed by atoms with Crippen molar-refractivity contribution in [3.8, 4) is 0 Å². The van der Waals surface area contributed by atoms with Crippen molar-refractivity contribution < 1.29 is 19.1 Å². The molecule has 3 N–H and O–H groups in total. The second-order valence-corrected chi connectivity index (χ2v) is 6.19. The van der Waals surface area contributed by atoms with Gasteiger partial charge in [0.2, 0.25) is 0 Å². The molecule has 0 aliphatic carbocycles. The molecule has 7 heteroatoms. The molecule has 0 unspecified atom stereocenters. The standard InChI is InChI=1S/C17H24FN3O3/c1-12(11-22)10-19-17(24)20-13-6-8-21(9-7-13)16(23)14-4-2-3-5-15(14)18/h2-5,12-13,22H,6-11H2,1H3,(H2,19,20,24)/t12-/m1/s1. The minimum Gasteiger partial charge on any atom is -0.396 e. The zero-order chi connectivity index (χ0) is 17.5. The van der Waals surface area contributed by atoms with Crippen LogP contribution in [0.1, 0.15) is 30.1 Å². The Hall–Kier alpha value is -2.15. The first kappa shape index (κ1) is 18.2. The number of aliphatic hydroxyl groups is 1. The Morgan fingerprint density at radius 1 is 1.33 bits per heavy atom. The monoisotopic (exact) mass is 337 g/mol. The van der Waals surface area contributed by atoms with Crippen LogP contribution in [0, 0.1) is 11.7 Å². The van der Waals surface area contributed by atoms with E-state index in [0.717, 1.165) is 0 Å². The highest BCUT2D eigenvalue weighted by molar-refractivity contribution is 5.94. The van der Waals surface area contributed by atoms with Gasteiger partial charge in [-0.1, -0.05) is 19.1 Å². The van der Waals surface area contributed by atoms with Crippen molar-refractivity contribution in [1.29, 1.82) is 0 Å². The quantitative estimate of drug-likeness (QED) is 0.759. The summed E-state index contributed by atoms with van der Waals surface area (Å²) in [5.41, 5.74) is 0.0830. The molecule has 1 atom stereocenters.